The van der Waals surface area contributed by atoms with Crippen LogP contribution in [0.1, 0.15) is 6.92 Å². The Kier molecular flexibility index (Phi) is 6.01. The number of hydrogen-bond acceptors (Lipinski definition) is 6. The van der Waals surface area contributed by atoms with Crippen LogP contribution in [0.25, 0.3) is 0 Å². The van der Waals surface area contributed by atoms with Crippen molar-refractivity contribution in [1.82, 2.24) is 0 Å². The second kappa shape index (κ2) is 7.85. The zero-order valence-electron chi connectivity index (χ0n) is 13.8. The van der Waals surface area contributed by atoms with Crippen LogP contribution in [0.2, 0.25) is 0 Å². The Labute approximate surface area is 151 Å². The Hall–Kier alpha value is -2.43. The molecular formula is C16H18N2O6S2. The lowest BCUT2D eigenvalue weighted by Gasteiger charge is -2.10. The largest absolute Gasteiger partial charge is 0.395 e. The molecule has 0 spiro atoms. The number of anilines is 2. The number of carbonyl (C=O) groups excluding carboxylic acids is 1. The first-order chi connectivity index (χ1) is 12.1. The van der Waals surface area contributed by atoms with Crippen molar-refractivity contribution >= 4 is 37.1 Å². The van der Waals surface area contributed by atoms with Crippen LogP contribution in [0.4, 0.5) is 11.4 Å². The summed E-state index contributed by atoms with van der Waals surface area (Å²) in [4.78, 5) is 10.9. The van der Waals surface area contributed by atoms with E-state index in [0.29, 0.717) is 5.69 Å². The Morgan fingerprint density at radius 1 is 0.962 bits per heavy atom. The summed E-state index contributed by atoms with van der Waals surface area (Å²) in [7, 11) is -7.64. The molecule has 1 amide bonds. The molecule has 0 aliphatic carbocycles. The lowest BCUT2D eigenvalue weighted by Crippen LogP contribution is -2.14. The number of nitrogens with one attached hydrogen (secondary N) is 2. The number of rotatable bonds is 7. The Morgan fingerprint density at radius 2 is 1.62 bits per heavy atom. The average molecular weight is 398 g/mol. The normalized spacial score (nSPS) is 11.8. The van der Waals surface area contributed by atoms with E-state index in [1.165, 1.54) is 55.5 Å². The van der Waals surface area contributed by atoms with Crippen LogP contribution >= 0.6 is 0 Å². The van der Waals surface area contributed by atoms with Gasteiger partial charge < -0.3 is 10.4 Å². The minimum absolute atomic E-state index is 0.0461. The van der Waals surface area contributed by atoms with E-state index in [1.54, 1.807) is 0 Å². The molecule has 0 heterocycles. The summed E-state index contributed by atoms with van der Waals surface area (Å²) in [6.07, 6.45) is 0. The predicted molar refractivity (Wildman–Crippen MR) is 97.1 cm³/mol. The number of aliphatic hydroxyl groups is 1. The van der Waals surface area contributed by atoms with Gasteiger partial charge in [-0.05, 0) is 42.5 Å². The topological polar surface area (TPSA) is 130 Å². The zero-order chi connectivity index (χ0) is 19.4. The first-order valence-corrected chi connectivity index (χ1v) is 10.6. The second-order valence-electron chi connectivity index (χ2n) is 5.38. The van der Waals surface area contributed by atoms with Crippen molar-refractivity contribution in [2.75, 3.05) is 22.4 Å². The van der Waals surface area contributed by atoms with Crippen LogP contribution in [0.15, 0.2) is 58.3 Å². The Morgan fingerprint density at radius 3 is 2.19 bits per heavy atom. The molecule has 0 saturated carbocycles. The lowest BCUT2D eigenvalue weighted by atomic mass is 10.3. The summed E-state index contributed by atoms with van der Waals surface area (Å²) in [6, 6.07) is 10.9. The summed E-state index contributed by atoms with van der Waals surface area (Å²) in [5.41, 5.74) is 0.531. The van der Waals surface area contributed by atoms with Gasteiger partial charge in [0.1, 0.15) is 0 Å². The van der Waals surface area contributed by atoms with Crippen molar-refractivity contribution in [2.24, 2.45) is 0 Å². The van der Waals surface area contributed by atoms with Gasteiger partial charge in [-0.25, -0.2) is 16.8 Å². The highest BCUT2D eigenvalue weighted by Gasteiger charge is 2.17. The van der Waals surface area contributed by atoms with Gasteiger partial charge in [0, 0.05) is 12.6 Å². The van der Waals surface area contributed by atoms with Crippen molar-refractivity contribution in [2.45, 2.75) is 16.7 Å². The minimum atomic E-state index is -3.94. The molecule has 0 aliphatic rings. The Balaban J connectivity index is 2.25. The molecule has 0 unspecified atom stereocenters. The number of amides is 1. The summed E-state index contributed by atoms with van der Waals surface area (Å²) >= 11 is 0. The van der Waals surface area contributed by atoms with Crippen LogP contribution in [0.3, 0.4) is 0 Å². The second-order valence-corrected chi connectivity index (χ2v) is 9.17. The Bertz CT molecular complexity index is 999. The number of benzene rings is 2. The van der Waals surface area contributed by atoms with E-state index in [9.17, 15) is 21.6 Å². The average Bonchev–Trinajstić information content (AvgIpc) is 2.54. The van der Waals surface area contributed by atoms with E-state index in [0.717, 1.165) is 0 Å². The predicted octanol–water partition coefficient (Wildman–Crippen LogP) is 1.21. The van der Waals surface area contributed by atoms with E-state index >= 15 is 0 Å². The number of carbonyl (C=O) groups is 1. The summed E-state index contributed by atoms with van der Waals surface area (Å²) < 4.78 is 51.1. The smallest absolute Gasteiger partial charge is 0.261 e. The van der Waals surface area contributed by atoms with E-state index in [2.05, 4.69) is 10.0 Å². The first-order valence-electron chi connectivity index (χ1n) is 7.48. The molecule has 0 bridgehead atoms. The third-order valence-corrected chi connectivity index (χ3v) is 6.38. The summed E-state index contributed by atoms with van der Waals surface area (Å²) in [5.74, 6) is -0.729. The van der Waals surface area contributed by atoms with Gasteiger partial charge in [-0.15, -0.1) is 0 Å². The number of sulfonamides is 1. The lowest BCUT2D eigenvalue weighted by molar-refractivity contribution is -0.114. The molecule has 3 N–H and O–H groups in total. The highest BCUT2D eigenvalue weighted by atomic mass is 32.2. The molecule has 8 nitrogen and oxygen atoms in total. The maximum atomic E-state index is 12.4. The van der Waals surface area contributed by atoms with Gasteiger partial charge in [-0.2, -0.15) is 0 Å². The molecule has 2 aromatic rings. The minimum Gasteiger partial charge on any atom is -0.395 e. The van der Waals surface area contributed by atoms with Crippen molar-refractivity contribution in [3.63, 3.8) is 0 Å². The van der Waals surface area contributed by atoms with Crippen LogP contribution in [-0.4, -0.2) is 40.2 Å². The molecule has 140 valence electrons. The maximum Gasteiger partial charge on any atom is 0.261 e. The van der Waals surface area contributed by atoms with Crippen molar-refractivity contribution in [3.05, 3.63) is 48.5 Å². The van der Waals surface area contributed by atoms with Crippen LogP contribution in [-0.2, 0) is 24.7 Å². The quantitative estimate of drug-likeness (QED) is 0.643. The summed E-state index contributed by atoms with van der Waals surface area (Å²) in [6.45, 7) is 0.809. The standard InChI is InChI=1S/C16H18N2O6S2/c1-12(20)17-13-5-7-15(8-6-13)26(23,24)18-14-3-2-4-16(11-14)25(21,22)10-9-19/h2-8,11,18-19H,9-10H2,1H3,(H,17,20). The molecule has 0 fully saturated rings. The van der Waals surface area contributed by atoms with E-state index < -0.39 is 32.2 Å². The van der Waals surface area contributed by atoms with Gasteiger partial charge in [-0.1, -0.05) is 6.07 Å². The molecule has 10 heteroatoms. The molecule has 0 aromatic heterocycles. The molecule has 0 atom stereocenters. The third-order valence-electron chi connectivity index (χ3n) is 3.29. The maximum absolute atomic E-state index is 12.4. The number of hydrogen-bond donors (Lipinski definition) is 3. The van der Waals surface area contributed by atoms with Crippen molar-refractivity contribution in [1.29, 1.82) is 0 Å². The monoisotopic (exact) mass is 398 g/mol. The van der Waals surface area contributed by atoms with E-state index in [4.69, 9.17) is 5.11 Å². The van der Waals surface area contributed by atoms with Crippen molar-refractivity contribution < 1.29 is 26.7 Å². The van der Waals surface area contributed by atoms with Gasteiger partial charge in [0.2, 0.25) is 5.91 Å². The first kappa shape index (κ1) is 19.9. The highest BCUT2D eigenvalue weighted by Crippen LogP contribution is 2.21. The fourth-order valence-corrected chi connectivity index (χ4v) is 4.24. The van der Waals surface area contributed by atoms with Crippen molar-refractivity contribution in [3.8, 4) is 0 Å². The zero-order valence-corrected chi connectivity index (χ0v) is 15.5. The number of aliphatic hydroxyl groups excluding tert-OH is 1. The van der Waals surface area contributed by atoms with Gasteiger partial charge in [0.05, 0.1) is 27.8 Å². The third kappa shape index (κ3) is 5.04. The highest BCUT2D eigenvalue weighted by molar-refractivity contribution is 7.92. The van der Waals surface area contributed by atoms with Crippen LogP contribution < -0.4 is 10.0 Å². The molecular weight excluding hydrogens is 380 g/mol. The molecule has 0 saturated heterocycles. The van der Waals surface area contributed by atoms with Crippen LogP contribution in [0, 0.1) is 0 Å². The molecule has 26 heavy (non-hydrogen) atoms. The molecule has 0 radical (unpaired) electrons. The van der Waals surface area contributed by atoms with Crippen LogP contribution in [0.5, 0.6) is 0 Å². The summed E-state index contributed by atoms with van der Waals surface area (Å²) in [5, 5.41) is 11.4. The van der Waals surface area contributed by atoms with E-state index in [1.807, 2.05) is 0 Å². The fourth-order valence-electron chi connectivity index (χ4n) is 2.13. The molecule has 2 rings (SSSR count). The van der Waals surface area contributed by atoms with Gasteiger partial charge in [0.25, 0.3) is 10.0 Å². The SMILES string of the molecule is CC(=O)Nc1ccc(S(=O)(=O)Nc2cccc(S(=O)(=O)CCO)c2)cc1. The van der Waals surface area contributed by atoms with Gasteiger partial charge >= 0.3 is 0 Å². The van der Waals surface area contributed by atoms with Gasteiger partial charge in [-0.3, -0.25) is 9.52 Å². The van der Waals surface area contributed by atoms with Gasteiger partial charge in [0.15, 0.2) is 9.84 Å². The molecule has 2 aromatic carbocycles. The molecule has 0 aliphatic heterocycles. The fraction of sp³-hybridized carbons (Fsp3) is 0.188. The van der Waals surface area contributed by atoms with E-state index in [-0.39, 0.29) is 21.4 Å². The number of sulfone groups is 1.